The van der Waals surface area contributed by atoms with E-state index < -0.39 is 82.2 Å². The summed E-state index contributed by atoms with van der Waals surface area (Å²) in [5.41, 5.74) is 0. The second kappa shape index (κ2) is 8.05. The van der Waals surface area contributed by atoms with Gasteiger partial charge in [-0.2, -0.15) is 101 Å². The Bertz CT molecular complexity index is 992. The molecule has 230 valence electrons. The van der Waals surface area contributed by atoms with Gasteiger partial charge in [-0.1, -0.05) is 0 Å². The number of carbonyl (C=O) groups is 2. The predicted molar refractivity (Wildman–Crippen MR) is 67.4 cm³/mol. The molecular formula is C13F23NO2. The fourth-order valence-electron chi connectivity index (χ4n) is 2.39. The standard InChI is InChI=1S/C13F23NO2/c14-3(15)1(38)37(2(39)4(16,17)5(3,18)19)13(35,36)11(30,31)9(26,27)7(22,23)6(20,21)8(24,25)10(28,29)12(32,33)34. The van der Waals surface area contributed by atoms with Crippen LogP contribution in [-0.4, -0.2) is 82.2 Å². The van der Waals surface area contributed by atoms with Crippen LogP contribution >= 0.6 is 0 Å². The van der Waals surface area contributed by atoms with Crippen LogP contribution in [0.15, 0.2) is 0 Å². The molecule has 3 nitrogen and oxygen atoms in total. The largest absolute Gasteiger partial charge is 0.460 e. The third kappa shape index (κ3) is 3.66. The monoisotopic (exact) mass is 639 g/mol. The van der Waals surface area contributed by atoms with E-state index in [9.17, 15) is 111 Å². The Morgan fingerprint density at radius 2 is 0.641 bits per heavy atom. The van der Waals surface area contributed by atoms with E-state index >= 15 is 0 Å². The Labute approximate surface area is 194 Å². The maximum absolute atomic E-state index is 13.9. The zero-order valence-corrected chi connectivity index (χ0v) is 16.5. The lowest BCUT2D eigenvalue weighted by atomic mass is 9.89. The number of rotatable bonds is 7. The van der Waals surface area contributed by atoms with Gasteiger partial charge in [-0.15, -0.1) is 0 Å². The van der Waals surface area contributed by atoms with Gasteiger partial charge in [0.25, 0.3) is 0 Å². The van der Waals surface area contributed by atoms with Gasteiger partial charge in [0, 0.05) is 0 Å². The van der Waals surface area contributed by atoms with Crippen LogP contribution < -0.4 is 0 Å². The first-order chi connectivity index (χ1) is 16.4. The van der Waals surface area contributed by atoms with Gasteiger partial charge in [-0.3, -0.25) is 9.59 Å². The normalized spacial score (nSPS) is 21.9. The summed E-state index contributed by atoms with van der Waals surface area (Å²) in [4.78, 5) is 18.1. The molecule has 0 aromatic carbocycles. The van der Waals surface area contributed by atoms with Crippen molar-refractivity contribution in [3.8, 4) is 0 Å². The summed E-state index contributed by atoms with van der Waals surface area (Å²) in [5.74, 6) is -87.1. The molecule has 1 saturated heterocycles. The Morgan fingerprint density at radius 3 is 0.897 bits per heavy atom. The second-order valence-electron chi connectivity index (χ2n) is 7.15. The fourth-order valence-corrected chi connectivity index (χ4v) is 2.39. The minimum Gasteiger partial charge on any atom is -0.267 e. The van der Waals surface area contributed by atoms with Crippen LogP contribution in [0, 0.1) is 0 Å². The Morgan fingerprint density at radius 1 is 0.410 bits per heavy atom. The molecule has 0 aromatic heterocycles. The van der Waals surface area contributed by atoms with Crippen molar-refractivity contribution in [2.75, 3.05) is 0 Å². The van der Waals surface area contributed by atoms with Crippen molar-refractivity contribution in [2.45, 2.75) is 65.5 Å². The van der Waals surface area contributed by atoms with Gasteiger partial charge in [0.2, 0.25) is 0 Å². The number of amides is 2. The zero-order chi connectivity index (χ0) is 32.2. The van der Waals surface area contributed by atoms with Crippen molar-refractivity contribution in [1.82, 2.24) is 4.90 Å². The summed E-state index contributed by atoms with van der Waals surface area (Å²) < 4.78 is 303. The van der Waals surface area contributed by atoms with E-state index in [-0.39, 0.29) is 0 Å². The van der Waals surface area contributed by atoms with Gasteiger partial charge >= 0.3 is 77.3 Å². The number of hydrogen-bond donors (Lipinski definition) is 0. The number of carbonyl (C=O) groups excluding carboxylic acids is 2. The van der Waals surface area contributed by atoms with Crippen LogP contribution in [-0.2, 0) is 9.59 Å². The SMILES string of the molecule is O=C1N(C(F)(F)C(F)(F)C(F)(F)C(F)(F)C(F)(F)C(F)(F)C(F)(F)C(F)(F)F)C(=O)C(F)(F)C(F)(F)C1(F)F. The minimum absolute atomic E-state index is 3.96. The number of halogens is 23. The van der Waals surface area contributed by atoms with Gasteiger partial charge in [0.05, 0.1) is 0 Å². The lowest BCUT2D eigenvalue weighted by Crippen LogP contribution is -2.80. The molecule has 2 amide bonds. The van der Waals surface area contributed by atoms with Crippen LogP contribution in [0.25, 0.3) is 0 Å². The molecular weight excluding hydrogens is 639 g/mol. The van der Waals surface area contributed by atoms with Gasteiger partial charge in [-0.05, 0) is 0 Å². The molecule has 0 spiro atoms. The van der Waals surface area contributed by atoms with E-state index in [4.69, 9.17) is 0 Å². The molecule has 0 aromatic rings. The van der Waals surface area contributed by atoms with Crippen LogP contribution in [0.4, 0.5) is 101 Å². The maximum Gasteiger partial charge on any atom is 0.460 e. The lowest BCUT2D eigenvalue weighted by molar-refractivity contribution is -0.466. The number of imide groups is 1. The zero-order valence-electron chi connectivity index (χ0n) is 16.5. The molecule has 0 atom stereocenters. The first-order valence-corrected chi connectivity index (χ1v) is 8.18. The molecule has 1 aliphatic heterocycles. The maximum atomic E-state index is 13.9. The number of hydrogen-bond acceptors (Lipinski definition) is 2. The topological polar surface area (TPSA) is 37.4 Å². The first-order valence-electron chi connectivity index (χ1n) is 8.18. The Hall–Kier alpha value is -2.47. The van der Waals surface area contributed by atoms with Gasteiger partial charge in [0.15, 0.2) is 0 Å². The summed E-state index contributed by atoms with van der Waals surface area (Å²) in [6.45, 7) is 0. The van der Waals surface area contributed by atoms with Crippen molar-refractivity contribution in [3.63, 3.8) is 0 Å². The molecule has 1 heterocycles. The highest BCUT2D eigenvalue weighted by Crippen LogP contribution is 2.65. The van der Waals surface area contributed by atoms with Gasteiger partial charge < -0.3 is 0 Å². The molecule has 0 N–H and O–H groups in total. The van der Waals surface area contributed by atoms with Crippen molar-refractivity contribution < 1.29 is 111 Å². The highest BCUT2D eigenvalue weighted by molar-refractivity contribution is 6.06. The Balaban J connectivity index is 3.92. The predicted octanol–water partition coefficient (Wildman–Crippen LogP) is 6.23. The van der Waals surface area contributed by atoms with E-state index in [1.807, 2.05) is 0 Å². The molecule has 0 saturated carbocycles. The van der Waals surface area contributed by atoms with Crippen molar-refractivity contribution in [1.29, 1.82) is 0 Å². The van der Waals surface area contributed by atoms with E-state index in [1.165, 1.54) is 0 Å². The number of alkyl halides is 23. The third-order valence-corrected chi connectivity index (χ3v) is 4.72. The second-order valence-corrected chi connectivity index (χ2v) is 7.15. The smallest absolute Gasteiger partial charge is 0.267 e. The summed E-state index contributed by atoms with van der Waals surface area (Å²) >= 11 is 0. The molecule has 1 rings (SSSR count). The quantitative estimate of drug-likeness (QED) is 0.189. The highest BCUT2D eigenvalue weighted by Gasteiger charge is 2.97. The molecule has 26 heteroatoms. The third-order valence-electron chi connectivity index (χ3n) is 4.72. The van der Waals surface area contributed by atoms with Crippen LogP contribution in [0.3, 0.4) is 0 Å². The summed E-state index contributed by atoms with van der Waals surface area (Å²) in [6.07, 6.45) is -8.10. The molecule has 1 fully saturated rings. The van der Waals surface area contributed by atoms with E-state index in [0.29, 0.717) is 0 Å². The van der Waals surface area contributed by atoms with Crippen LogP contribution in [0.1, 0.15) is 0 Å². The van der Waals surface area contributed by atoms with Gasteiger partial charge in [-0.25, -0.2) is 4.90 Å². The molecule has 0 unspecified atom stereocenters. The highest BCUT2D eigenvalue weighted by atomic mass is 19.4. The molecule has 39 heavy (non-hydrogen) atoms. The minimum atomic E-state index is -9.33. The number of piperidine rings is 1. The fraction of sp³-hybridized carbons (Fsp3) is 0.846. The van der Waals surface area contributed by atoms with Crippen molar-refractivity contribution in [2.24, 2.45) is 0 Å². The number of likely N-dealkylation sites (tertiary alicyclic amines) is 1. The van der Waals surface area contributed by atoms with E-state index in [0.717, 1.165) is 0 Å². The molecule has 1 aliphatic rings. The van der Waals surface area contributed by atoms with Crippen LogP contribution in [0.5, 0.6) is 0 Å². The van der Waals surface area contributed by atoms with E-state index in [2.05, 4.69) is 0 Å². The summed E-state index contributed by atoms with van der Waals surface area (Å²) in [6, 6.07) is -8.57. The number of nitrogens with zero attached hydrogens (tertiary/aromatic N) is 1. The van der Waals surface area contributed by atoms with Crippen LogP contribution in [0.2, 0.25) is 0 Å². The van der Waals surface area contributed by atoms with Crippen molar-refractivity contribution in [3.05, 3.63) is 0 Å². The Kier molecular flexibility index (Phi) is 7.14. The summed E-state index contributed by atoms with van der Waals surface area (Å²) in [7, 11) is 0. The molecule has 0 bridgehead atoms. The molecule has 0 radical (unpaired) electrons. The van der Waals surface area contributed by atoms with E-state index in [1.54, 1.807) is 0 Å². The van der Waals surface area contributed by atoms with Crippen molar-refractivity contribution >= 4 is 11.8 Å². The average Bonchev–Trinajstić information content (AvgIpc) is 2.70. The average molecular weight is 639 g/mol. The van der Waals surface area contributed by atoms with Gasteiger partial charge in [0.1, 0.15) is 0 Å². The lowest BCUT2D eigenvalue weighted by Gasteiger charge is -2.47. The summed E-state index contributed by atoms with van der Waals surface area (Å²) in [5, 5.41) is 0. The molecule has 0 aliphatic carbocycles. The first kappa shape index (κ1) is 34.6.